The minimum Gasteiger partial charge on any atom is -0.387 e. The molecular weight excluding hydrogens is 576 g/mol. The Kier molecular flexibility index (Phi) is 7.94. The number of anilines is 1. The molecule has 1 N–H and O–H groups in total. The maximum Gasteiger partial charge on any atom is 0.355 e. The van der Waals surface area contributed by atoms with Gasteiger partial charge in [0, 0.05) is 43.5 Å². The fourth-order valence-electron chi connectivity index (χ4n) is 6.54. The van der Waals surface area contributed by atoms with Gasteiger partial charge in [0.15, 0.2) is 5.65 Å². The van der Waals surface area contributed by atoms with Crippen molar-refractivity contribution in [3.05, 3.63) is 100 Å². The SMILES string of the molecule is C=CC(=O)N1C(C)CN(c2nc(=O)n3c4nc(c(F)cc24)-c2c(F)cccc2CN/C=C/Cc2ccnc(C(C)C)c2-3)CC1C. The van der Waals surface area contributed by atoms with E-state index in [0.717, 1.165) is 5.56 Å². The van der Waals surface area contributed by atoms with Crippen molar-refractivity contribution in [1.29, 1.82) is 0 Å². The molecule has 4 aromatic rings. The summed E-state index contributed by atoms with van der Waals surface area (Å²) in [4.78, 5) is 44.4. The number of aromatic nitrogens is 4. The van der Waals surface area contributed by atoms with Crippen molar-refractivity contribution < 1.29 is 13.6 Å². The van der Waals surface area contributed by atoms with E-state index < -0.39 is 17.3 Å². The molecule has 2 aliphatic heterocycles. The van der Waals surface area contributed by atoms with E-state index >= 15 is 8.78 Å². The molecule has 11 heteroatoms. The molecular formula is C34H35F2N7O2. The topological polar surface area (TPSA) is 96.3 Å². The van der Waals surface area contributed by atoms with Gasteiger partial charge < -0.3 is 15.1 Å². The van der Waals surface area contributed by atoms with Crippen LogP contribution in [0, 0.1) is 11.6 Å². The van der Waals surface area contributed by atoms with Crippen LogP contribution in [0.5, 0.6) is 0 Å². The van der Waals surface area contributed by atoms with Gasteiger partial charge >= 0.3 is 5.69 Å². The van der Waals surface area contributed by atoms with Gasteiger partial charge in [-0.25, -0.2) is 23.1 Å². The van der Waals surface area contributed by atoms with Crippen molar-refractivity contribution in [2.45, 2.75) is 58.7 Å². The van der Waals surface area contributed by atoms with Crippen molar-refractivity contribution in [3.63, 3.8) is 0 Å². The van der Waals surface area contributed by atoms with E-state index in [9.17, 15) is 9.59 Å². The summed E-state index contributed by atoms with van der Waals surface area (Å²) >= 11 is 0. The highest BCUT2D eigenvalue weighted by atomic mass is 19.1. The second kappa shape index (κ2) is 11.9. The van der Waals surface area contributed by atoms with Gasteiger partial charge in [0.05, 0.1) is 16.8 Å². The van der Waals surface area contributed by atoms with Crippen LogP contribution in [0.1, 0.15) is 50.4 Å². The molecule has 2 atom stereocenters. The van der Waals surface area contributed by atoms with Gasteiger partial charge in [-0.1, -0.05) is 38.6 Å². The van der Waals surface area contributed by atoms with Crippen molar-refractivity contribution in [3.8, 4) is 16.9 Å². The fourth-order valence-corrected chi connectivity index (χ4v) is 6.54. The summed E-state index contributed by atoms with van der Waals surface area (Å²) in [6.45, 7) is 12.3. The van der Waals surface area contributed by atoms with Crippen molar-refractivity contribution in [1.82, 2.24) is 29.7 Å². The molecule has 3 aromatic heterocycles. The minimum absolute atomic E-state index is 0.0173. The molecule has 1 amide bonds. The van der Waals surface area contributed by atoms with Crippen LogP contribution in [0.4, 0.5) is 14.6 Å². The lowest BCUT2D eigenvalue weighted by atomic mass is 10.0. The van der Waals surface area contributed by atoms with Crippen molar-refractivity contribution in [2.75, 3.05) is 18.0 Å². The first-order chi connectivity index (χ1) is 21.6. The number of fused-ring (bicyclic) bond motifs is 5. The Morgan fingerprint density at radius 1 is 1.09 bits per heavy atom. The molecule has 232 valence electrons. The Labute approximate surface area is 259 Å². The Balaban J connectivity index is 1.69. The Hall–Kier alpha value is -4.93. The first kappa shape index (κ1) is 30.1. The number of carbonyl (C=O) groups excluding carboxylic acids is 1. The first-order valence-corrected chi connectivity index (χ1v) is 15.1. The van der Waals surface area contributed by atoms with Crippen molar-refractivity contribution in [2.24, 2.45) is 0 Å². The number of hydrogen-bond donors (Lipinski definition) is 1. The lowest BCUT2D eigenvalue weighted by molar-refractivity contribution is -0.130. The molecule has 0 aliphatic carbocycles. The predicted octanol–water partition coefficient (Wildman–Crippen LogP) is 5.02. The Morgan fingerprint density at radius 3 is 2.56 bits per heavy atom. The number of amides is 1. The zero-order chi connectivity index (χ0) is 32.0. The van der Waals surface area contributed by atoms with Gasteiger partial charge in [0.2, 0.25) is 5.91 Å². The van der Waals surface area contributed by atoms with Crippen LogP contribution in [0.3, 0.4) is 0 Å². The average Bonchev–Trinajstić information content (AvgIpc) is 3.01. The van der Waals surface area contributed by atoms with E-state index in [1.54, 1.807) is 29.4 Å². The number of rotatable bonds is 3. The zero-order valence-corrected chi connectivity index (χ0v) is 25.7. The summed E-state index contributed by atoms with van der Waals surface area (Å²) in [6, 6.07) is 7.22. The Bertz CT molecular complexity index is 1910. The molecule has 2 bridgehead atoms. The maximum atomic E-state index is 16.3. The summed E-state index contributed by atoms with van der Waals surface area (Å²) in [6.07, 6.45) is 7.14. The smallest absolute Gasteiger partial charge is 0.355 e. The molecule has 1 fully saturated rings. The number of pyridine rings is 2. The summed E-state index contributed by atoms with van der Waals surface area (Å²) in [5, 5.41) is 3.47. The molecule has 0 spiro atoms. The third kappa shape index (κ3) is 5.26. The van der Waals surface area contributed by atoms with Crippen LogP contribution in [0.25, 0.3) is 28.0 Å². The molecule has 0 radical (unpaired) electrons. The molecule has 6 rings (SSSR count). The van der Waals surface area contributed by atoms with Crippen molar-refractivity contribution >= 4 is 22.8 Å². The highest BCUT2D eigenvalue weighted by Gasteiger charge is 2.34. The number of carbonyl (C=O) groups is 1. The number of nitrogens with zero attached hydrogens (tertiary/aromatic N) is 6. The van der Waals surface area contributed by atoms with Gasteiger partial charge in [-0.2, -0.15) is 4.98 Å². The number of nitrogens with one attached hydrogen (secondary N) is 1. The number of benzene rings is 1. The minimum atomic E-state index is -0.746. The van der Waals surface area contributed by atoms with Gasteiger partial charge in [-0.05, 0) is 67.8 Å². The molecule has 1 saturated heterocycles. The Morgan fingerprint density at radius 2 is 1.84 bits per heavy atom. The first-order valence-electron chi connectivity index (χ1n) is 15.1. The number of halogens is 2. The van der Waals surface area contributed by atoms with Crippen LogP contribution in [-0.2, 0) is 17.8 Å². The van der Waals surface area contributed by atoms with Crippen LogP contribution < -0.4 is 15.9 Å². The van der Waals surface area contributed by atoms with Crippen LogP contribution in [0.2, 0.25) is 0 Å². The molecule has 2 aliphatic rings. The lowest BCUT2D eigenvalue weighted by Gasteiger charge is -2.44. The zero-order valence-electron chi connectivity index (χ0n) is 25.7. The predicted molar refractivity (Wildman–Crippen MR) is 170 cm³/mol. The molecule has 5 heterocycles. The highest BCUT2D eigenvalue weighted by molar-refractivity contribution is 5.91. The van der Waals surface area contributed by atoms with Gasteiger partial charge in [-0.15, -0.1) is 0 Å². The van der Waals surface area contributed by atoms with E-state index in [2.05, 4.69) is 21.9 Å². The lowest BCUT2D eigenvalue weighted by Crippen LogP contribution is -2.58. The molecule has 1 aromatic carbocycles. The van der Waals surface area contributed by atoms with E-state index in [0.29, 0.717) is 41.8 Å². The second-order valence-corrected chi connectivity index (χ2v) is 11.9. The number of piperazine rings is 1. The normalized spacial score (nSPS) is 18.8. The summed E-state index contributed by atoms with van der Waals surface area (Å²) in [5.41, 5.74) is 1.84. The summed E-state index contributed by atoms with van der Waals surface area (Å²) in [5.74, 6) is -1.38. The largest absolute Gasteiger partial charge is 0.387 e. The summed E-state index contributed by atoms with van der Waals surface area (Å²) in [7, 11) is 0. The third-order valence-electron chi connectivity index (χ3n) is 8.46. The second-order valence-electron chi connectivity index (χ2n) is 11.9. The molecule has 45 heavy (non-hydrogen) atoms. The average molecular weight is 612 g/mol. The summed E-state index contributed by atoms with van der Waals surface area (Å²) < 4.78 is 33.2. The van der Waals surface area contributed by atoms with Crippen LogP contribution in [0.15, 0.2) is 66.3 Å². The quantitative estimate of drug-likeness (QED) is 0.325. The van der Waals surface area contributed by atoms with Gasteiger partial charge in [0.25, 0.3) is 0 Å². The van der Waals surface area contributed by atoms with Crippen LogP contribution >= 0.6 is 0 Å². The number of allylic oxidation sites excluding steroid dienone is 1. The monoisotopic (exact) mass is 611 g/mol. The van der Waals surface area contributed by atoms with E-state index in [1.807, 2.05) is 44.7 Å². The molecule has 2 unspecified atom stereocenters. The molecule has 9 nitrogen and oxygen atoms in total. The van der Waals surface area contributed by atoms with E-state index in [1.165, 1.54) is 22.8 Å². The van der Waals surface area contributed by atoms with Crippen LogP contribution in [-0.4, -0.2) is 55.5 Å². The van der Waals surface area contributed by atoms with Gasteiger partial charge in [0.1, 0.15) is 23.1 Å². The van der Waals surface area contributed by atoms with E-state index in [4.69, 9.17) is 4.98 Å². The van der Waals surface area contributed by atoms with Gasteiger partial charge in [-0.3, -0.25) is 9.78 Å². The maximum absolute atomic E-state index is 16.3. The number of hydrogen-bond acceptors (Lipinski definition) is 7. The standard InChI is InChI=1S/C34H35F2N7O2/c1-6-27(44)42-20(4)17-41(18-21(42)5)32-24-15-26(36)30-28-23(9-7-11-25(28)35)16-37-13-8-10-22-12-14-38-29(19(2)3)31(22)43(33(24)39-30)34(45)40-32/h6-9,11-15,19-21,37H,1,10,16-18H2,2-5H3/b13-8+. The fraction of sp³-hybridized carbons (Fsp3) is 0.324. The molecule has 0 saturated carbocycles. The highest BCUT2D eigenvalue weighted by Crippen LogP contribution is 2.35. The van der Waals surface area contributed by atoms with E-state index in [-0.39, 0.29) is 53.2 Å². The third-order valence-corrected chi connectivity index (χ3v) is 8.46.